The number of ketones is 1. The maximum absolute atomic E-state index is 12.3. The molecule has 5 aliphatic carbocycles. The van der Waals surface area contributed by atoms with Crippen molar-refractivity contribution in [1.82, 2.24) is 0 Å². The highest BCUT2D eigenvalue weighted by molar-refractivity contribution is 5.80. The molecule has 1 N–H and O–H groups in total. The lowest BCUT2D eigenvalue weighted by Gasteiger charge is -2.62. The van der Waals surface area contributed by atoms with Gasteiger partial charge in [0.15, 0.2) is 0 Å². The largest absolute Gasteiger partial charge is 0.393 e. The lowest BCUT2D eigenvalue weighted by atomic mass is 9.43. The minimum atomic E-state index is -0.0404. The number of Topliss-reactive ketones (excluding diaryl/α,β-unsaturated/α-hetero) is 1. The Hall–Kier alpha value is -0.370. The average Bonchev–Trinajstić information content (AvgIpc) is 2.94. The topological polar surface area (TPSA) is 37.3 Å². The van der Waals surface area contributed by atoms with E-state index in [0.29, 0.717) is 16.6 Å². The molecule has 5 fully saturated rings. The fraction of sp³-hybridized carbons (Fsp3) is 0.955. The molecule has 0 aromatic carbocycles. The van der Waals surface area contributed by atoms with Crippen molar-refractivity contribution in [2.75, 3.05) is 0 Å². The van der Waals surface area contributed by atoms with E-state index in [1.54, 1.807) is 0 Å². The molecule has 2 heteroatoms. The van der Waals surface area contributed by atoms with Gasteiger partial charge in [0, 0.05) is 12.8 Å². The van der Waals surface area contributed by atoms with Gasteiger partial charge in [0.1, 0.15) is 5.78 Å². The minimum absolute atomic E-state index is 0.0404. The predicted octanol–water partition coefficient (Wildman–Crippen LogP) is 4.74. The Labute approximate surface area is 146 Å². The van der Waals surface area contributed by atoms with Gasteiger partial charge in [-0.2, -0.15) is 0 Å². The highest BCUT2D eigenvalue weighted by atomic mass is 16.3. The average molecular weight is 331 g/mol. The van der Waals surface area contributed by atoms with Crippen LogP contribution in [0.1, 0.15) is 84.0 Å². The Morgan fingerprint density at radius 1 is 0.917 bits per heavy atom. The van der Waals surface area contributed by atoms with E-state index < -0.39 is 0 Å². The van der Waals surface area contributed by atoms with Crippen LogP contribution >= 0.6 is 0 Å². The SMILES string of the molecule is C[C@]12CC[C@@H](O)C[C@H]1CCC1C3CCC4CCC(=O)CC43CCC12. The summed E-state index contributed by atoms with van der Waals surface area (Å²) >= 11 is 0. The molecule has 8 atom stereocenters. The molecule has 0 heterocycles. The van der Waals surface area contributed by atoms with Crippen LogP contribution < -0.4 is 0 Å². The van der Waals surface area contributed by atoms with Crippen molar-refractivity contribution in [3.05, 3.63) is 0 Å². The standard InChI is InChI=1S/C22H34O2/c1-21-10-8-16(23)12-15(21)3-6-18-19(21)9-11-22-13-17(24)5-2-14(22)4-7-20(18)22/h14-16,18-20,23H,2-13H2,1H3/t14?,15-,16-,18?,19?,20?,21+,22?/m1/s1. The van der Waals surface area contributed by atoms with Gasteiger partial charge < -0.3 is 5.11 Å². The maximum Gasteiger partial charge on any atom is 0.133 e. The highest BCUT2D eigenvalue weighted by Crippen LogP contribution is 2.69. The molecule has 24 heavy (non-hydrogen) atoms. The molecule has 0 bridgehead atoms. The zero-order chi connectivity index (χ0) is 16.5. The summed E-state index contributed by atoms with van der Waals surface area (Å²) < 4.78 is 0. The van der Waals surface area contributed by atoms with E-state index in [9.17, 15) is 9.90 Å². The van der Waals surface area contributed by atoms with Gasteiger partial charge in [0.05, 0.1) is 6.10 Å². The molecule has 0 aliphatic heterocycles. The number of hydrogen-bond acceptors (Lipinski definition) is 2. The fourth-order valence-corrected chi connectivity index (χ4v) is 8.74. The van der Waals surface area contributed by atoms with Crippen molar-refractivity contribution in [1.29, 1.82) is 0 Å². The number of carbonyl (C=O) groups is 1. The monoisotopic (exact) mass is 330 g/mol. The second kappa shape index (κ2) is 5.32. The number of carbonyl (C=O) groups excluding carboxylic acids is 1. The smallest absolute Gasteiger partial charge is 0.133 e. The lowest BCUT2D eigenvalue weighted by Crippen LogP contribution is -2.55. The predicted molar refractivity (Wildman–Crippen MR) is 94.4 cm³/mol. The summed E-state index contributed by atoms with van der Waals surface area (Å²) in [5, 5.41) is 10.2. The molecule has 5 aliphatic rings. The van der Waals surface area contributed by atoms with Gasteiger partial charge in [-0.15, -0.1) is 0 Å². The van der Waals surface area contributed by atoms with Gasteiger partial charge >= 0.3 is 0 Å². The summed E-state index contributed by atoms with van der Waals surface area (Å²) in [4.78, 5) is 12.3. The molecule has 5 saturated carbocycles. The summed E-state index contributed by atoms with van der Waals surface area (Å²) in [6.45, 7) is 2.57. The van der Waals surface area contributed by atoms with Crippen LogP contribution in [-0.4, -0.2) is 17.0 Å². The van der Waals surface area contributed by atoms with Crippen molar-refractivity contribution < 1.29 is 9.90 Å². The number of hydrogen-bond donors (Lipinski definition) is 1. The van der Waals surface area contributed by atoms with Crippen LogP contribution in [-0.2, 0) is 4.79 Å². The first-order valence-electron chi connectivity index (χ1n) is 10.7. The van der Waals surface area contributed by atoms with Crippen LogP contribution in [0.4, 0.5) is 0 Å². The molecule has 0 saturated heterocycles. The van der Waals surface area contributed by atoms with Gasteiger partial charge in [-0.05, 0) is 105 Å². The molecule has 2 nitrogen and oxygen atoms in total. The molecule has 134 valence electrons. The van der Waals surface area contributed by atoms with E-state index in [2.05, 4.69) is 6.92 Å². The summed E-state index contributed by atoms with van der Waals surface area (Å²) in [7, 11) is 0. The quantitative estimate of drug-likeness (QED) is 0.696. The van der Waals surface area contributed by atoms with Crippen LogP contribution in [0.25, 0.3) is 0 Å². The van der Waals surface area contributed by atoms with Crippen molar-refractivity contribution in [2.45, 2.75) is 90.1 Å². The number of rotatable bonds is 0. The molecule has 0 aromatic heterocycles. The number of aliphatic hydroxyl groups is 1. The first-order valence-corrected chi connectivity index (χ1v) is 10.7. The number of fused-ring (bicyclic) bond motifs is 4. The van der Waals surface area contributed by atoms with Crippen molar-refractivity contribution in [3.8, 4) is 0 Å². The molecule has 0 aromatic rings. The third-order valence-corrected chi connectivity index (χ3v) is 9.83. The van der Waals surface area contributed by atoms with Crippen molar-refractivity contribution >= 4 is 5.78 Å². The van der Waals surface area contributed by atoms with E-state index in [-0.39, 0.29) is 6.10 Å². The Morgan fingerprint density at radius 2 is 1.75 bits per heavy atom. The first kappa shape index (κ1) is 15.9. The van der Waals surface area contributed by atoms with Gasteiger partial charge in [-0.3, -0.25) is 4.79 Å². The molecular formula is C22H34O2. The van der Waals surface area contributed by atoms with Crippen LogP contribution in [0.15, 0.2) is 0 Å². The fourth-order valence-electron chi connectivity index (χ4n) is 8.74. The molecule has 0 amide bonds. The van der Waals surface area contributed by atoms with Crippen LogP contribution in [0.2, 0.25) is 0 Å². The normalized spacial score (nSPS) is 56.8. The van der Waals surface area contributed by atoms with Gasteiger partial charge in [-0.25, -0.2) is 0 Å². The summed E-state index contributed by atoms with van der Waals surface area (Å²) in [6, 6.07) is 0. The van der Waals surface area contributed by atoms with Crippen LogP contribution in [0.5, 0.6) is 0 Å². The Balaban J connectivity index is 1.45. The number of aliphatic hydroxyl groups excluding tert-OH is 1. The minimum Gasteiger partial charge on any atom is -0.393 e. The molecule has 1 spiro atoms. The summed E-state index contributed by atoms with van der Waals surface area (Å²) in [5.74, 6) is 4.77. The highest BCUT2D eigenvalue weighted by Gasteiger charge is 2.62. The molecular weight excluding hydrogens is 296 g/mol. The van der Waals surface area contributed by atoms with Gasteiger partial charge in [0.2, 0.25) is 0 Å². The van der Waals surface area contributed by atoms with E-state index >= 15 is 0 Å². The van der Waals surface area contributed by atoms with Gasteiger partial charge in [0.25, 0.3) is 0 Å². The second-order valence-corrected chi connectivity index (χ2v) is 10.4. The third kappa shape index (κ3) is 2.01. The molecule has 5 rings (SSSR count). The zero-order valence-electron chi connectivity index (χ0n) is 15.3. The summed E-state index contributed by atoms with van der Waals surface area (Å²) in [5.41, 5.74) is 0.883. The van der Waals surface area contributed by atoms with Crippen molar-refractivity contribution in [2.24, 2.45) is 40.4 Å². The molecule has 0 radical (unpaired) electrons. The van der Waals surface area contributed by atoms with E-state index in [4.69, 9.17) is 0 Å². The lowest BCUT2D eigenvalue weighted by molar-refractivity contribution is -0.147. The first-order chi connectivity index (χ1) is 11.5. The van der Waals surface area contributed by atoms with Crippen molar-refractivity contribution in [3.63, 3.8) is 0 Å². The summed E-state index contributed by atoms with van der Waals surface area (Å²) in [6.07, 6.45) is 14.5. The Bertz CT molecular complexity index is 542. The van der Waals surface area contributed by atoms with Crippen LogP contribution in [0, 0.1) is 40.4 Å². The Kier molecular flexibility index (Phi) is 3.51. The third-order valence-electron chi connectivity index (χ3n) is 9.83. The van der Waals surface area contributed by atoms with E-state index in [0.717, 1.165) is 55.3 Å². The van der Waals surface area contributed by atoms with Gasteiger partial charge in [-0.1, -0.05) is 6.92 Å². The maximum atomic E-state index is 12.3. The van der Waals surface area contributed by atoms with E-state index in [1.165, 1.54) is 51.4 Å². The molecule has 5 unspecified atom stereocenters. The Morgan fingerprint density at radius 3 is 2.62 bits per heavy atom. The van der Waals surface area contributed by atoms with E-state index in [1.807, 2.05) is 0 Å². The second-order valence-electron chi connectivity index (χ2n) is 10.4. The van der Waals surface area contributed by atoms with Crippen LogP contribution in [0.3, 0.4) is 0 Å². The zero-order valence-corrected chi connectivity index (χ0v) is 15.3.